The van der Waals surface area contributed by atoms with E-state index in [9.17, 15) is 18.3 Å². The van der Waals surface area contributed by atoms with E-state index < -0.39 is 18.3 Å². The Labute approximate surface area is 164 Å². The van der Waals surface area contributed by atoms with Gasteiger partial charge in [-0.25, -0.2) is 9.99 Å². The minimum atomic E-state index is -4.97. The van der Waals surface area contributed by atoms with E-state index in [1.807, 2.05) is 0 Å². The molecule has 2 aromatic rings. The third-order valence-corrected chi connectivity index (χ3v) is 3.94. The van der Waals surface area contributed by atoms with Crippen molar-refractivity contribution < 1.29 is 23.4 Å². The Kier molecular flexibility index (Phi) is 6.48. The lowest BCUT2D eigenvalue weighted by Gasteiger charge is -2.33. The van der Waals surface area contributed by atoms with Gasteiger partial charge < -0.3 is 15.9 Å². The van der Waals surface area contributed by atoms with Gasteiger partial charge >= 0.3 is 6.18 Å². The summed E-state index contributed by atoms with van der Waals surface area (Å²) < 4.78 is 40.7. The smallest absolute Gasteiger partial charge is 0.397 e. The first-order valence-corrected chi connectivity index (χ1v) is 8.54. The zero-order valence-corrected chi connectivity index (χ0v) is 15.8. The molecule has 1 aliphatic heterocycles. The predicted octanol–water partition coefficient (Wildman–Crippen LogP) is 2.88. The molecule has 28 heavy (non-hydrogen) atoms. The lowest BCUT2D eigenvalue weighted by molar-refractivity contribution is -0.254. The van der Waals surface area contributed by atoms with Crippen molar-refractivity contribution in [3.05, 3.63) is 46.6 Å². The maximum absolute atomic E-state index is 13.6. The maximum Gasteiger partial charge on any atom is 0.438 e. The number of alkyl halides is 3. The fourth-order valence-corrected chi connectivity index (χ4v) is 2.62. The Hall–Kier alpha value is -2.43. The molecule has 0 spiro atoms. The second kappa shape index (κ2) is 8.29. The summed E-state index contributed by atoms with van der Waals surface area (Å²) >= 11 is 5.80. The minimum absolute atomic E-state index is 0.0475. The topological polar surface area (TPSA) is 108 Å². The van der Waals surface area contributed by atoms with E-state index >= 15 is 0 Å². The number of anilines is 2. The van der Waals surface area contributed by atoms with Crippen molar-refractivity contribution in [2.24, 2.45) is 5.10 Å². The number of nitrogens with zero attached hydrogens (tertiary/aromatic N) is 4. The Balaban J connectivity index is 0.000000878. The fourth-order valence-electron chi connectivity index (χ4n) is 2.49. The SMILES string of the molecule is CCO.Cc1cc(N2N=C(c3ccc(Cl)cc3)CC2(O)C(F)(F)F)nc(N)n1. The van der Waals surface area contributed by atoms with Gasteiger partial charge in [0.05, 0.1) is 12.1 Å². The normalized spacial score (nSPS) is 19.1. The Morgan fingerprint density at radius 2 is 1.82 bits per heavy atom. The van der Waals surface area contributed by atoms with E-state index in [4.69, 9.17) is 22.4 Å². The number of hydrogen-bond acceptors (Lipinski definition) is 7. The molecule has 7 nitrogen and oxygen atoms in total. The third kappa shape index (κ3) is 4.51. The summed E-state index contributed by atoms with van der Waals surface area (Å²) in [6, 6.07) is 7.38. The fraction of sp³-hybridized carbons (Fsp3) is 0.353. The molecule has 4 N–H and O–H groups in total. The van der Waals surface area contributed by atoms with Crippen molar-refractivity contribution in [1.29, 1.82) is 0 Å². The van der Waals surface area contributed by atoms with Crippen LogP contribution in [0.1, 0.15) is 24.6 Å². The number of rotatable bonds is 2. The molecule has 1 atom stereocenters. The van der Waals surface area contributed by atoms with Gasteiger partial charge in [0.25, 0.3) is 5.72 Å². The molecule has 0 amide bonds. The van der Waals surface area contributed by atoms with Crippen LogP contribution in [0.5, 0.6) is 0 Å². The summed E-state index contributed by atoms with van der Waals surface area (Å²) in [5.74, 6) is -0.455. The number of aliphatic hydroxyl groups excluding tert-OH is 1. The van der Waals surface area contributed by atoms with Crippen LogP contribution in [0.4, 0.5) is 24.9 Å². The van der Waals surface area contributed by atoms with Gasteiger partial charge in [-0.3, -0.25) is 0 Å². The van der Waals surface area contributed by atoms with Gasteiger partial charge in [0, 0.05) is 23.4 Å². The van der Waals surface area contributed by atoms with E-state index in [0.717, 1.165) is 0 Å². The molecular formula is C17H19ClF3N5O2. The lowest BCUT2D eigenvalue weighted by atomic mass is 10.0. The number of halogens is 4. The van der Waals surface area contributed by atoms with E-state index in [1.165, 1.54) is 30.3 Å². The molecule has 2 heterocycles. The van der Waals surface area contributed by atoms with Crippen molar-refractivity contribution in [2.45, 2.75) is 32.2 Å². The summed E-state index contributed by atoms with van der Waals surface area (Å²) in [4.78, 5) is 7.59. The molecule has 1 aromatic carbocycles. The van der Waals surface area contributed by atoms with Crippen molar-refractivity contribution in [1.82, 2.24) is 9.97 Å². The summed E-state index contributed by atoms with van der Waals surface area (Å²) in [5.41, 5.74) is 3.08. The number of hydrogen-bond donors (Lipinski definition) is 3. The molecule has 0 bridgehead atoms. The first-order valence-electron chi connectivity index (χ1n) is 8.16. The summed E-state index contributed by atoms with van der Waals surface area (Å²) in [6.07, 6.45) is -5.74. The molecular weight excluding hydrogens is 399 g/mol. The minimum Gasteiger partial charge on any atom is -0.397 e. The van der Waals surface area contributed by atoms with Crippen LogP contribution in [0.15, 0.2) is 35.4 Å². The Morgan fingerprint density at radius 3 is 2.32 bits per heavy atom. The monoisotopic (exact) mass is 417 g/mol. The van der Waals surface area contributed by atoms with Crippen LogP contribution in [0.2, 0.25) is 5.02 Å². The first kappa shape index (κ1) is 21.9. The quantitative estimate of drug-likeness (QED) is 0.693. The highest BCUT2D eigenvalue weighted by atomic mass is 35.5. The van der Waals surface area contributed by atoms with Crippen LogP contribution in [-0.4, -0.2) is 44.4 Å². The Bertz CT molecular complexity index is 841. The Morgan fingerprint density at radius 1 is 1.25 bits per heavy atom. The van der Waals surface area contributed by atoms with Gasteiger partial charge in [0.15, 0.2) is 5.82 Å². The number of nitrogens with two attached hydrogens (primary N) is 1. The zero-order valence-electron chi connectivity index (χ0n) is 15.1. The lowest BCUT2D eigenvalue weighted by Crippen LogP contribution is -2.55. The number of aromatic nitrogens is 2. The van der Waals surface area contributed by atoms with Crippen LogP contribution in [0.25, 0.3) is 0 Å². The van der Waals surface area contributed by atoms with Crippen LogP contribution >= 0.6 is 11.6 Å². The third-order valence-electron chi connectivity index (χ3n) is 3.69. The molecule has 3 rings (SSSR count). The highest BCUT2D eigenvalue weighted by Crippen LogP contribution is 2.43. The van der Waals surface area contributed by atoms with E-state index in [0.29, 0.717) is 21.3 Å². The molecule has 1 unspecified atom stereocenters. The van der Waals surface area contributed by atoms with Gasteiger partial charge in [-0.05, 0) is 31.5 Å². The predicted molar refractivity (Wildman–Crippen MR) is 100 cm³/mol. The standard InChI is InChI=1S/C15H13ClF3N5O.C2H6O/c1-8-6-12(22-13(20)21-8)24-14(25,15(17,18)19)7-11(23-24)9-2-4-10(16)5-3-9;1-2-3/h2-6,25H,7H2,1H3,(H2,20,21,22);3H,2H2,1H3. The van der Waals surface area contributed by atoms with Crippen molar-refractivity contribution in [3.63, 3.8) is 0 Å². The van der Waals surface area contributed by atoms with Gasteiger partial charge in [0.1, 0.15) is 0 Å². The average Bonchev–Trinajstić information content (AvgIpc) is 2.94. The molecule has 11 heteroatoms. The average molecular weight is 418 g/mol. The number of nitrogen functional groups attached to an aromatic ring is 1. The van der Waals surface area contributed by atoms with E-state index in [-0.39, 0.29) is 24.1 Å². The van der Waals surface area contributed by atoms with Gasteiger partial charge in [-0.15, -0.1) is 0 Å². The first-order chi connectivity index (χ1) is 13.0. The molecule has 152 valence electrons. The maximum atomic E-state index is 13.6. The molecule has 1 aromatic heterocycles. The summed E-state index contributed by atoms with van der Waals surface area (Å²) in [5, 5.41) is 22.8. The van der Waals surface area contributed by atoms with E-state index in [2.05, 4.69) is 15.1 Å². The number of aryl methyl sites for hydroxylation is 1. The highest BCUT2D eigenvalue weighted by molar-refractivity contribution is 6.30. The molecule has 0 saturated carbocycles. The second-order valence-corrected chi connectivity index (χ2v) is 6.33. The highest BCUT2D eigenvalue weighted by Gasteiger charge is 2.62. The number of benzene rings is 1. The van der Waals surface area contributed by atoms with Gasteiger partial charge in [-0.2, -0.15) is 23.3 Å². The van der Waals surface area contributed by atoms with Crippen LogP contribution < -0.4 is 10.7 Å². The van der Waals surface area contributed by atoms with Gasteiger partial charge in [0.2, 0.25) is 5.95 Å². The molecule has 0 radical (unpaired) electrons. The van der Waals surface area contributed by atoms with E-state index in [1.54, 1.807) is 13.8 Å². The molecule has 0 aliphatic carbocycles. The van der Waals surface area contributed by atoms with Crippen molar-refractivity contribution >= 4 is 29.1 Å². The number of hydrazone groups is 1. The van der Waals surface area contributed by atoms with Crippen LogP contribution in [-0.2, 0) is 0 Å². The summed E-state index contributed by atoms with van der Waals surface area (Å²) in [7, 11) is 0. The van der Waals surface area contributed by atoms with Crippen LogP contribution in [0, 0.1) is 6.92 Å². The number of aliphatic hydroxyl groups is 2. The second-order valence-electron chi connectivity index (χ2n) is 5.90. The van der Waals surface area contributed by atoms with Gasteiger partial charge in [-0.1, -0.05) is 23.7 Å². The zero-order chi connectivity index (χ0) is 21.1. The summed E-state index contributed by atoms with van der Waals surface area (Å²) in [6.45, 7) is 3.48. The molecule has 1 aliphatic rings. The van der Waals surface area contributed by atoms with Crippen molar-refractivity contribution in [2.75, 3.05) is 17.3 Å². The molecule has 0 fully saturated rings. The van der Waals surface area contributed by atoms with Crippen molar-refractivity contribution in [3.8, 4) is 0 Å². The van der Waals surface area contributed by atoms with Crippen LogP contribution in [0.3, 0.4) is 0 Å². The molecule has 0 saturated heterocycles. The largest absolute Gasteiger partial charge is 0.438 e.